The van der Waals surface area contributed by atoms with E-state index >= 15 is 0 Å². The lowest BCUT2D eigenvalue weighted by Gasteiger charge is -2.26. The van der Waals surface area contributed by atoms with E-state index in [4.69, 9.17) is 4.42 Å². The zero-order valence-electron chi connectivity index (χ0n) is 11.5. The molecule has 102 valence electrons. The molecule has 0 saturated carbocycles. The van der Waals surface area contributed by atoms with Crippen molar-refractivity contribution >= 4 is 11.0 Å². The topological polar surface area (TPSA) is 37.2 Å². The van der Waals surface area contributed by atoms with E-state index in [-0.39, 0.29) is 0 Å². The number of hydrogen-bond acceptors (Lipinski definition) is 3. The van der Waals surface area contributed by atoms with Gasteiger partial charge < -0.3 is 15.1 Å². The van der Waals surface area contributed by atoms with E-state index in [1.807, 2.05) is 25.4 Å². The van der Waals surface area contributed by atoms with Crippen molar-refractivity contribution in [1.82, 2.24) is 10.6 Å². The van der Waals surface area contributed by atoms with Crippen molar-refractivity contribution in [2.75, 3.05) is 20.1 Å². The molecule has 2 heterocycles. The SMILES string of the molecule is CNC(CC1CCNCC1)c1coc2ccccc12. The van der Waals surface area contributed by atoms with Gasteiger partial charge in [0.05, 0.1) is 6.26 Å². The van der Waals surface area contributed by atoms with Crippen LogP contribution in [0, 0.1) is 5.92 Å². The third kappa shape index (κ3) is 2.67. The zero-order valence-corrected chi connectivity index (χ0v) is 11.5. The van der Waals surface area contributed by atoms with Gasteiger partial charge in [0.25, 0.3) is 0 Å². The fourth-order valence-electron chi connectivity index (χ4n) is 3.12. The van der Waals surface area contributed by atoms with Gasteiger partial charge in [-0.05, 0) is 51.4 Å². The monoisotopic (exact) mass is 258 g/mol. The van der Waals surface area contributed by atoms with Crippen molar-refractivity contribution in [3.63, 3.8) is 0 Å². The van der Waals surface area contributed by atoms with Crippen molar-refractivity contribution in [2.24, 2.45) is 5.92 Å². The number of para-hydroxylation sites is 1. The van der Waals surface area contributed by atoms with Crippen LogP contribution in [0.25, 0.3) is 11.0 Å². The van der Waals surface area contributed by atoms with E-state index in [9.17, 15) is 0 Å². The van der Waals surface area contributed by atoms with Crippen LogP contribution >= 0.6 is 0 Å². The van der Waals surface area contributed by atoms with E-state index in [2.05, 4.69) is 22.8 Å². The highest BCUT2D eigenvalue weighted by Crippen LogP contribution is 2.32. The summed E-state index contributed by atoms with van der Waals surface area (Å²) in [4.78, 5) is 0. The first-order chi connectivity index (χ1) is 9.38. The Hall–Kier alpha value is -1.32. The van der Waals surface area contributed by atoms with Gasteiger partial charge in [0.1, 0.15) is 5.58 Å². The lowest BCUT2D eigenvalue weighted by Crippen LogP contribution is -2.30. The highest BCUT2D eigenvalue weighted by molar-refractivity contribution is 5.81. The minimum atomic E-state index is 0.395. The summed E-state index contributed by atoms with van der Waals surface area (Å²) in [5, 5.41) is 8.14. The van der Waals surface area contributed by atoms with E-state index in [1.165, 1.54) is 30.2 Å². The fraction of sp³-hybridized carbons (Fsp3) is 0.500. The number of piperidine rings is 1. The van der Waals surface area contributed by atoms with Crippen LogP contribution in [-0.4, -0.2) is 20.1 Å². The summed E-state index contributed by atoms with van der Waals surface area (Å²) < 4.78 is 5.67. The van der Waals surface area contributed by atoms with Crippen molar-refractivity contribution < 1.29 is 4.42 Å². The Morgan fingerprint density at radius 2 is 2.11 bits per heavy atom. The lowest BCUT2D eigenvalue weighted by atomic mass is 9.88. The summed E-state index contributed by atoms with van der Waals surface area (Å²) in [5.74, 6) is 0.812. The summed E-state index contributed by atoms with van der Waals surface area (Å²) in [6.45, 7) is 2.32. The van der Waals surface area contributed by atoms with Crippen molar-refractivity contribution in [3.8, 4) is 0 Å². The molecule has 0 spiro atoms. The number of nitrogens with one attached hydrogen (secondary N) is 2. The standard InChI is InChI=1S/C16H22N2O/c1-17-15(10-12-6-8-18-9-7-12)14-11-19-16-5-3-2-4-13(14)16/h2-5,11-12,15,17-18H,6-10H2,1H3. The van der Waals surface area contributed by atoms with Gasteiger partial charge in [0.2, 0.25) is 0 Å². The van der Waals surface area contributed by atoms with Gasteiger partial charge >= 0.3 is 0 Å². The normalized spacial score (nSPS) is 18.8. The molecular weight excluding hydrogens is 236 g/mol. The Morgan fingerprint density at radius 3 is 2.89 bits per heavy atom. The Morgan fingerprint density at radius 1 is 1.32 bits per heavy atom. The molecule has 1 aromatic carbocycles. The van der Waals surface area contributed by atoms with E-state index in [0.29, 0.717) is 6.04 Å². The number of fused-ring (bicyclic) bond motifs is 1. The first kappa shape index (κ1) is 12.7. The first-order valence-electron chi connectivity index (χ1n) is 7.22. The summed E-state index contributed by atoms with van der Waals surface area (Å²) >= 11 is 0. The number of benzene rings is 1. The molecule has 1 fully saturated rings. The highest BCUT2D eigenvalue weighted by Gasteiger charge is 2.21. The molecule has 1 aliphatic heterocycles. The molecular formula is C16H22N2O. The largest absolute Gasteiger partial charge is 0.464 e. The maximum atomic E-state index is 5.67. The van der Waals surface area contributed by atoms with Crippen LogP contribution in [0.2, 0.25) is 0 Å². The molecule has 1 unspecified atom stereocenters. The molecule has 3 rings (SSSR count). The molecule has 3 heteroatoms. The summed E-state index contributed by atoms with van der Waals surface area (Å²) in [5.41, 5.74) is 2.29. The second-order valence-electron chi connectivity index (χ2n) is 5.46. The number of furan rings is 1. The van der Waals surface area contributed by atoms with Crippen LogP contribution < -0.4 is 10.6 Å². The van der Waals surface area contributed by atoms with Crippen LogP contribution in [0.15, 0.2) is 34.9 Å². The molecule has 0 radical (unpaired) electrons. The Kier molecular flexibility index (Phi) is 3.85. The second-order valence-corrected chi connectivity index (χ2v) is 5.46. The minimum Gasteiger partial charge on any atom is -0.464 e. The Balaban J connectivity index is 1.81. The van der Waals surface area contributed by atoms with Gasteiger partial charge in [-0.1, -0.05) is 18.2 Å². The van der Waals surface area contributed by atoms with Gasteiger partial charge in [0.15, 0.2) is 0 Å². The quantitative estimate of drug-likeness (QED) is 0.885. The van der Waals surface area contributed by atoms with Gasteiger partial charge in [-0.25, -0.2) is 0 Å². The average Bonchev–Trinajstić information content (AvgIpc) is 2.90. The number of rotatable bonds is 4. The van der Waals surface area contributed by atoms with Gasteiger partial charge in [-0.3, -0.25) is 0 Å². The van der Waals surface area contributed by atoms with Crippen LogP contribution in [0.3, 0.4) is 0 Å². The Labute approximate surface area is 114 Å². The predicted molar refractivity (Wildman–Crippen MR) is 78.2 cm³/mol. The van der Waals surface area contributed by atoms with Gasteiger partial charge in [-0.2, -0.15) is 0 Å². The highest BCUT2D eigenvalue weighted by atomic mass is 16.3. The number of hydrogen-bond donors (Lipinski definition) is 2. The molecule has 1 saturated heterocycles. The molecule has 3 nitrogen and oxygen atoms in total. The van der Waals surface area contributed by atoms with E-state index in [0.717, 1.165) is 24.6 Å². The first-order valence-corrected chi connectivity index (χ1v) is 7.22. The lowest BCUT2D eigenvalue weighted by molar-refractivity contribution is 0.318. The summed E-state index contributed by atoms with van der Waals surface area (Å²) in [6.07, 6.45) is 5.69. The molecule has 19 heavy (non-hydrogen) atoms. The fourth-order valence-corrected chi connectivity index (χ4v) is 3.12. The van der Waals surface area contributed by atoms with Crippen LogP contribution in [-0.2, 0) is 0 Å². The average molecular weight is 258 g/mol. The zero-order chi connectivity index (χ0) is 13.1. The maximum absolute atomic E-state index is 5.67. The predicted octanol–water partition coefficient (Wildman–Crippen LogP) is 3.08. The van der Waals surface area contributed by atoms with Crippen molar-refractivity contribution in [3.05, 3.63) is 36.1 Å². The maximum Gasteiger partial charge on any atom is 0.134 e. The third-order valence-corrected chi connectivity index (χ3v) is 4.26. The molecule has 1 atom stereocenters. The van der Waals surface area contributed by atoms with Crippen LogP contribution in [0.5, 0.6) is 0 Å². The molecule has 1 aliphatic rings. The summed E-state index contributed by atoms with van der Waals surface area (Å²) in [6, 6.07) is 8.69. The molecule has 2 N–H and O–H groups in total. The second kappa shape index (κ2) is 5.76. The third-order valence-electron chi connectivity index (χ3n) is 4.26. The van der Waals surface area contributed by atoms with Gasteiger partial charge in [0, 0.05) is 17.0 Å². The molecule has 1 aromatic heterocycles. The molecule has 0 bridgehead atoms. The minimum absolute atomic E-state index is 0.395. The van der Waals surface area contributed by atoms with Crippen LogP contribution in [0.1, 0.15) is 30.9 Å². The Bertz CT molecular complexity index is 528. The van der Waals surface area contributed by atoms with E-state index < -0.39 is 0 Å². The molecule has 0 amide bonds. The van der Waals surface area contributed by atoms with Crippen molar-refractivity contribution in [1.29, 1.82) is 0 Å². The summed E-state index contributed by atoms with van der Waals surface area (Å²) in [7, 11) is 2.05. The van der Waals surface area contributed by atoms with Gasteiger partial charge in [-0.15, -0.1) is 0 Å². The van der Waals surface area contributed by atoms with E-state index in [1.54, 1.807) is 0 Å². The smallest absolute Gasteiger partial charge is 0.134 e. The van der Waals surface area contributed by atoms with Crippen molar-refractivity contribution in [2.45, 2.75) is 25.3 Å². The van der Waals surface area contributed by atoms with Crippen LogP contribution in [0.4, 0.5) is 0 Å². The molecule has 2 aromatic rings. The molecule has 0 aliphatic carbocycles.